The molecule has 7 nitrogen and oxygen atoms in total. The Balaban J connectivity index is 1.64. The predicted molar refractivity (Wildman–Crippen MR) is 88.3 cm³/mol. The van der Waals surface area contributed by atoms with Gasteiger partial charge in [-0.15, -0.1) is 10.2 Å². The number of nitrogens with zero attached hydrogens (tertiary/aromatic N) is 3. The molecule has 24 heavy (non-hydrogen) atoms. The van der Waals surface area contributed by atoms with E-state index in [2.05, 4.69) is 15.5 Å². The third-order valence-electron chi connectivity index (χ3n) is 3.32. The highest BCUT2D eigenvalue weighted by atomic mass is 16.5. The van der Waals surface area contributed by atoms with Gasteiger partial charge in [-0.2, -0.15) is 0 Å². The molecule has 122 valence electrons. The number of aromatic nitrogens is 3. The first kappa shape index (κ1) is 15.7. The van der Waals surface area contributed by atoms with Crippen molar-refractivity contribution in [3.63, 3.8) is 0 Å². The lowest BCUT2D eigenvalue weighted by molar-refractivity contribution is 0.102. The first-order valence-electron chi connectivity index (χ1n) is 7.36. The van der Waals surface area contributed by atoms with E-state index < -0.39 is 0 Å². The molecule has 0 aliphatic rings. The number of carbonyl (C=O) groups is 1. The highest BCUT2D eigenvalue weighted by Crippen LogP contribution is 2.17. The summed E-state index contributed by atoms with van der Waals surface area (Å²) in [7, 11) is 0. The van der Waals surface area contributed by atoms with Crippen molar-refractivity contribution in [3.8, 4) is 11.4 Å². The van der Waals surface area contributed by atoms with Crippen molar-refractivity contribution in [1.29, 1.82) is 0 Å². The molecule has 2 N–H and O–H groups in total. The van der Waals surface area contributed by atoms with Gasteiger partial charge >= 0.3 is 0 Å². The number of amides is 1. The highest BCUT2D eigenvalue weighted by molar-refractivity contribution is 6.04. The molecule has 0 unspecified atom stereocenters. The summed E-state index contributed by atoms with van der Waals surface area (Å²) in [5.74, 6) is 0.440. The lowest BCUT2D eigenvalue weighted by Crippen LogP contribution is -2.11. The molecule has 1 amide bonds. The lowest BCUT2D eigenvalue weighted by atomic mass is 10.2. The van der Waals surface area contributed by atoms with Crippen LogP contribution in [-0.4, -0.2) is 39.0 Å². The van der Waals surface area contributed by atoms with E-state index in [1.165, 1.54) is 0 Å². The molecule has 0 spiro atoms. The molecule has 0 aliphatic carbocycles. The van der Waals surface area contributed by atoms with Crippen LogP contribution in [0.4, 0.5) is 5.69 Å². The fourth-order valence-corrected chi connectivity index (χ4v) is 2.12. The first-order valence-corrected chi connectivity index (χ1v) is 7.36. The molecule has 3 rings (SSSR count). The SMILES string of the molecule is O=C(Nc1ccc(OCCO)cc1)c1ccc(-n2cnnc2)cc1. The zero-order valence-electron chi connectivity index (χ0n) is 12.8. The zero-order chi connectivity index (χ0) is 16.8. The topological polar surface area (TPSA) is 89.3 Å². The van der Waals surface area contributed by atoms with Crippen LogP contribution in [0.1, 0.15) is 10.4 Å². The monoisotopic (exact) mass is 324 g/mol. The number of benzene rings is 2. The third-order valence-corrected chi connectivity index (χ3v) is 3.32. The Morgan fingerprint density at radius 3 is 2.33 bits per heavy atom. The number of carbonyl (C=O) groups excluding carboxylic acids is 1. The van der Waals surface area contributed by atoms with E-state index in [-0.39, 0.29) is 19.1 Å². The number of aliphatic hydroxyl groups excluding tert-OH is 1. The Hall–Kier alpha value is -3.19. The Labute approximate surface area is 138 Å². The molecule has 1 aromatic heterocycles. The molecule has 0 radical (unpaired) electrons. The molecule has 1 heterocycles. The zero-order valence-corrected chi connectivity index (χ0v) is 12.8. The number of ether oxygens (including phenoxy) is 1. The Kier molecular flexibility index (Phi) is 4.83. The summed E-state index contributed by atoms with van der Waals surface area (Å²) in [5.41, 5.74) is 2.09. The van der Waals surface area contributed by atoms with Crippen molar-refractivity contribution < 1.29 is 14.6 Å². The summed E-state index contributed by atoms with van der Waals surface area (Å²) in [4.78, 5) is 12.3. The van der Waals surface area contributed by atoms with Crippen molar-refractivity contribution in [3.05, 3.63) is 66.7 Å². The fourth-order valence-electron chi connectivity index (χ4n) is 2.12. The second kappa shape index (κ2) is 7.38. The van der Waals surface area contributed by atoms with E-state index in [0.29, 0.717) is 17.0 Å². The molecular formula is C17H16N4O3. The Morgan fingerprint density at radius 1 is 1.04 bits per heavy atom. The largest absolute Gasteiger partial charge is 0.491 e. The highest BCUT2D eigenvalue weighted by Gasteiger charge is 2.07. The molecule has 0 bridgehead atoms. The van der Waals surface area contributed by atoms with E-state index in [9.17, 15) is 4.79 Å². The average Bonchev–Trinajstić information content (AvgIpc) is 3.16. The van der Waals surface area contributed by atoms with Gasteiger partial charge in [-0.3, -0.25) is 9.36 Å². The molecule has 7 heteroatoms. The van der Waals surface area contributed by atoms with Gasteiger partial charge in [0, 0.05) is 16.9 Å². The minimum atomic E-state index is -0.200. The predicted octanol–water partition coefficient (Wildman–Crippen LogP) is 1.89. The van der Waals surface area contributed by atoms with Crippen LogP contribution in [-0.2, 0) is 0 Å². The quantitative estimate of drug-likeness (QED) is 0.723. The molecule has 0 saturated carbocycles. The van der Waals surface area contributed by atoms with Crippen molar-refractivity contribution in [2.45, 2.75) is 0 Å². The molecule has 2 aromatic carbocycles. The van der Waals surface area contributed by atoms with E-state index in [1.54, 1.807) is 53.6 Å². The van der Waals surface area contributed by atoms with Gasteiger partial charge in [0.25, 0.3) is 5.91 Å². The minimum Gasteiger partial charge on any atom is -0.491 e. The molecule has 3 aromatic rings. The standard InChI is InChI=1S/C17H16N4O3/c22-9-10-24-16-7-3-14(4-8-16)20-17(23)13-1-5-15(6-2-13)21-11-18-19-12-21/h1-8,11-12,22H,9-10H2,(H,20,23). The third kappa shape index (κ3) is 3.76. The summed E-state index contributed by atoms with van der Waals surface area (Å²) in [6, 6.07) is 14.1. The number of hydrogen-bond donors (Lipinski definition) is 2. The van der Waals surface area contributed by atoms with Gasteiger partial charge in [0.1, 0.15) is 25.0 Å². The second-order valence-corrected chi connectivity index (χ2v) is 4.97. The van der Waals surface area contributed by atoms with Crippen LogP contribution in [0, 0.1) is 0 Å². The van der Waals surface area contributed by atoms with Gasteiger partial charge in [0.15, 0.2) is 0 Å². The normalized spacial score (nSPS) is 10.4. The van der Waals surface area contributed by atoms with Crippen molar-refractivity contribution in [2.24, 2.45) is 0 Å². The summed E-state index contributed by atoms with van der Waals surface area (Å²) >= 11 is 0. The van der Waals surface area contributed by atoms with Crippen LogP contribution in [0.5, 0.6) is 5.75 Å². The fraction of sp³-hybridized carbons (Fsp3) is 0.118. The van der Waals surface area contributed by atoms with E-state index in [0.717, 1.165) is 5.69 Å². The van der Waals surface area contributed by atoms with Gasteiger partial charge in [0.05, 0.1) is 6.61 Å². The molecular weight excluding hydrogens is 308 g/mol. The average molecular weight is 324 g/mol. The minimum absolute atomic E-state index is 0.0381. The Bertz CT molecular complexity index is 784. The van der Waals surface area contributed by atoms with E-state index in [4.69, 9.17) is 9.84 Å². The van der Waals surface area contributed by atoms with Crippen LogP contribution in [0.3, 0.4) is 0 Å². The molecule has 0 atom stereocenters. The summed E-state index contributed by atoms with van der Waals surface area (Å²) in [6.45, 7) is 0.202. The summed E-state index contributed by atoms with van der Waals surface area (Å²) in [5, 5.41) is 19.0. The van der Waals surface area contributed by atoms with Gasteiger partial charge in [0.2, 0.25) is 0 Å². The number of hydrogen-bond acceptors (Lipinski definition) is 5. The summed E-state index contributed by atoms with van der Waals surface area (Å²) in [6.07, 6.45) is 3.19. The molecule has 0 saturated heterocycles. The van der Waals surface area contributed by atoms with Crippen LogP contribution in [0.25, 0.3) is 5.69 Å². The smallest absolute Gasteiger partial charge is 0.255 e. The first-order chi connectivity index (χ1) is 11.8. The lowest BCUT2D eigenvalue weighted by Gasteiger charge is -2.08. The van der Waals surface area contributed by atoms with E-state index in [1.807, 2.05) is 12.1 Å². The molecule has 0 aliphatic heterocycles. The van der Waals surface area contributed by atoms with Crippen molar-refractivity contribution in [1.82, 2.24) is 14.8 Å². The molecule has 0 fully saturated rings. The van der Waals surface area contributed by atoms with Crippen molar-refractivity contribution >= 4 is 11.6 Å². The van der Waals surface area contributed by atoms with Crippen LogP contribution in [0.2, 0.25) is 0 Å². The maximum absolute atomic E-state index is 12.3. The number of rotatable bonds is 6. The maximum Gasteiger partial charge on any atom is 0.255 e. The van der Waals surface area contributed by atoms with Crippen molar-refractivity contribution in [2.75, 3.05) is 18.5 Å². The van der Waals surface area contributed by atoms with Crippen LogP contribution in [0.15, 0.2) is 61.2 Å². The number of nitrogens with one attached hydrogen (secondary N) is 1. The van der Waals surface area contributed by atoms with E-state index >= 15 is 0 Å². The van der Waals surface area contributed by atoms with Gasteiger partial charge in [-0.1, -0.05) is 0 Å². The second-order valence-electron chi connectivity index (χ2n) is 4.97. The van der Waals surface area contributed by atoms with Gasteiger partial charge in [-0.05, 0) is 48.5 Å². The number of anilines is 1. The van der Waals surface area contributed by atoms with Crippen LogP contribution < -0.4 is 10.1 Å². The summed E-state index contributed by atoms with van der Waals surface area (Å²) < 4.78 is 7.03. The maximum atomic E-state index is 12.3. The van der Waals surface area contributed by atoms with Gasteiger partial charge < -0.3 is 15.2 Å². The Morgan fingerprint density at radius 2 is 1.71 bits per heavy atom. The number of aliphatic hydroxyl groups is 1. The van der Waals surface area contributed by atoms with Crippen LogP contribution >= 0.6 is 0 Å². The van der Waals surface area contributed by atoms with Gasteiger partial charge in [-0.25, -0.2) is 0 Å².